The van der Waals surface area contributed by atoms with Crippen molar-refractivity contribution in [3.8, 4) is 0 Å². The molecule has 0 unspecified atom stereocenters. The predicted molar refractivity (Wildman–Crippen MR) is 102 cm³/mol. The number of benzene rings is 1. The number of thiazole rings is 1. The molecule has 0 atom stereocenters. The third kappa shape index (κ3) is 3.46. The summed E-state index contributed by atoms with van der Waals surface area (Å²) in [5.41, 5.74) is 6.52. The molecule has 7 nitrogen and oxygen atoms in total. The topological polar surface area (TPSA) is 104 Å². The van der Waals surface area contributed by atoms with Gasteiger partial charge in [0.1, 0.15) is 5.82 Å². The summed E-state index contributed by atoms with van der Waals surface area (Å²) >= 11 is 1.40. The van der Waals surface area contributed by atoms with Gasteiger partial charge in [0.25, 0.3) is 0 Å². The fourth-order valence-corrected chi connectivity index (χ4v) is 4.72. The zero-order valence-electron chi connectivity index (χ0n) is 15.8. The molecule has 2 aromatic heterocycles. The Morgan fingerprint density at radius 3 is 2.79 bits per heavy atom. The first-order chi connectivity index (χ1) is 13.4. The third-order valence-corrected chi connectivity index (χ3v) is 6.26. The van der Waals surface area contributed by atoms with E-state index in [1.807, 2.05) is 4.90 Å². The molecule has 2 N–H and O–H groups in total. The van der Waals surface area contributed by atoms with E-state index in [2.05, 4.69) is 4.98 Å². The van der Waals surface area contributed by atoms with Gasteiger partial charge in [-0.3, -0.25) is 4.79 Å². The number of nitrogens with zero attached hydrogens (tertiary/aromatic N) is 3. The number of pyridine rings is 1. The molecular formula is C19H16FN4NaO3S. The van der Waals surface area contributed by atoms with Crippen LogP contribution in [0.1, 0.15) is 39.8 Å². The van der Waals surface area contributed by atoms with Gasteiger partial charge in [-0.15, -0.1) is 11.3 Å². The van der Waals surface area contributed by atoms with E-state index in [1.165, 1.54) is 17.5 Å². The summed E-state index contributed by atoms with van der Waals surface area (Å²) in [5.74, 6) is -2.10. The quantitative estimate of drug-likeness (QED) is 0.513. The van der Waals surface area contributed by atoms with E-state index in [-0.39, 0.29) is 41.0 Å². The molecule has 0 bridgehead atoms. The maximum absolute atomic E-state index is 15.0. The number of hydrogen-bond acceptors (Lipinski definition) is 7. The van der Waals surface area contributed by atoms with Crippen LogP contribution in [0.4, 0.5) is 15.2 Å². The second-order valence-electron chi connectivity index (χ2n) is 7.21. The molecule has 1 aromatic carbocycles. The maximum Gasteiger partial charge on any atom is 1.00 e. The molecule has 144 valence electrons. The molecule has 0 radical (unpaired) electrons. The first kappa shape index (κ1) is 20.3. The average Bonchev–Trinajstić information content (AvgIpc) is 3.42. The average molecular weight is 422 g/mol. The van der Waals surface area contributed by atoms with Gasteiger partial charge in [0.2, 0.25) is 0 Å². The van der Waals surface area contributed by atoms with Crippen molar-refractivity contribution in [3.63, 3.8) is 0 Å². The number of aromatic carboxylic acids is 1. The molecule has 29 heavy (non-hydrogen) atoms. The predicted octanol–water partition coefficient (Wildman–Crippen LogP) is -1.56. The Hall–Kier alpha value is -1.94. The zero-order chi connectivity index (χ0) is 19.6. The zero-order valence-corrected chi connectivity index (χ0v) is 18.6. The van der Waals surface area contributed by atoms with Crippen molar-refractivity contribution in [3.05, 3.63) is 50.5 Å². The van der Waals surface area contributed by atoms with Gasteiger partial charge in [0, 0.05) is 35.5 Å². The summed E-state index contributed by atoms with van der Waals surface area (Å²) in [4.78, 5) is 31.1. The second kappa shape index (κ2) is 7.39. The van der Waals surface area contributed by atoms with Gasteiger partial charge in [0.05, 0.1) is 35.0 Å². The number of halogens is 1. The van der Waals surface area contributed by atoms with Crippen LogP contribution in [-0.4, -0.2) is 22.1 Å². The van der Waals surface area contributed by atoms with Crippen LogP contribution in [0, 0.1) is 5.82 Å². The van der Waals surface area contributed by atoms with Gasteiger partial charge in [0.15, 0.2) is 10.6 Å². The van der Waals surface area contributed by atoms with Crippen molar-refractivity contribution >= 4 is 39.0 Å². The minimum Gasteiger partial charge on any atom is -0.545 e. The number of rotatable bonds is 3. The molecule has 10 heteroatoms. The minimum absolute atomic E-state index is 0. The van der Waals surface area contributed by atoms with Gasteiger partial charge >= 0.3 is 29.6 Å². The SMILES string of the molecule is Nc1nc2c(s1)CN(c1cc3c(cc1F)c(=O)c(C(=O)[O-])cn3C1CC1)CC2.[Na+]. The first-order valence-electron chi connectivity index (χ1n) is 9.01. The fraction of sp³-hybridized carbons (Fsp3) is 0.316. The Morgan fingerprint density at radius 1 is 1.34 bits per heavy atom. The normalized spacial score (nSPS) is 15.8. The standard InChI is InChI=1S/C19H17FN4O3S.Na/c20-12-5-10-14(24(9-1-2-9)7-11(17(10)25)18(26)27)6-15(12)23-4-3-13-16(8-23)28-19(21)22-13;/h5-7,9H,1-4,8H2,(H2,21,22)(H,26,27);/q;+1/p-1. The largest absolute Gasteiger partial charge is 1.00 e. The van der Waals surface area contributed by atoms with Crippen LogP contribution in [0.25, 0.3) is 10.9 Å². The number of anilines is 2. The molecule has 1 aliphatic heterocycles. The maximum atomic E-state index is 15.0. The Kier molecular flexibility index (Phi) is 5.18. The molecule has 1 aliphatic carbocycles. The number of carboxylic acids is 1. The molecule has 5 rings (SSSR count). The first-order valence-corrected chi connectivity index (χ1v) is 9.83. The number of carboxylic acid groups (broad SMARTS) is 1. The van der Waals surface area contributed by atoms with Gasteiger partial charge in [-0.25, -0.2) is 9.37 Å². The molecule has 0 saturated heterocycles. The van der Waals surface area contributed by atoms with Crippen molar-refractivity contribution in [2.45, 2.75) is 31.8 Å². The van der Waals surface area contributed by atoms with Crippen LogP contribution in [0.15, 0.2) is 23.1 Å². The van der Waals surface area contributed by atoms with E-state index < -0.39 is 22.8 Å². The van der Waals surface area contributed by atoms with Crippen molar-refractivity contribution in [2.24, 2.45) is 0 Å². The number of nitrogen functional groups attached to an aromatic ring is 1. The summed E-state index contributed by atoms with van der Waals surface area (Å²) < 4.78 is 16.7. The van der Waals surface area contributed by atoms with E-state index in [0.29, 0.717) is 35.8 Å². The van der Waals surface area contributed by atoms with E-state index in [0.717, 1.165) is 29.5 Å². The Bertz CT molecular complexity index is 1200. The monoisotopic (exact) mass is 422 g/mol. The number of hydrogen-bond donors (Lipinski definition) is 1. The molecule has 0 amide bonds. The van der Waals surface area contributed by atoms with Crippen molar-refractivity contribution in [2.75, 3.05) is 17.2 Å². The molecule has 3 heterocycles. The van der Waals surface area contributed by atoms with E-state index in [1.54, 1.807) is 10.6 Å². The number of carbonyl (C=O) groups is 1. The number of nitrogens with two attached hydrogens (primary N) is 1. The van der Waals surface area contributed by atoms with Crippen LogP contribution in [0.5, 0.6) is 0 Å². The van der Waals surface area contributed by atoms with Crippen molar-refractivity contribution in [1.29, 1.82) is 0 Å². The van der Waals surface area contributed by atoms with Crippen molar-refractivity contribution in [1.82, 2.24) is 9.55 Å². The number of carbonyl (C=O) groups excluding carboxylic acids is 1. The second-order valence-corrected chi connectivity index (χ2v) is 8.33. The smallest absolute Gasteiger partial charge is 0.545 e. The minimum atomic E-state index is -1.54. The molecule has 2 aliphatic rings. The van der Waals surface area contributed by atoms with E-state index in [4.69, 9.17) is 5.73 Å². The molecule has 1 saturated carbocycles. The summed E-state index contributed by atoms with van der Waals surface area (Å²) in [6.07, 6.45) is 3.78. The third-order valence-electron chi connectivity index (χ3n) is 5.35. The van der Waals surface area contributed by atoms with Crippen LogP contribution < -0.4 is 50.7 Å². The molecule has 1 fully saturated rings. The Balaban J connectivity index is 0.00000205. The van der Waals surface area contributed by atoms with Crippen molar-refractivity contribution < 1.29 is 43.8 Å². The van der Waals surface area contributed by atoms with E-state index in [9.17, 15) is 19.1 Å². The van der Waals surface area contributed by atoms with Gasteiger partial charge in [-0.05, 0) is 25.0 Å². The molecular weight excluding hydrogens is 406 g/mol. The number of fused-ring (bicyclic) bond motifs is 2. The van der Waals surface area contributed by atoms with Crippen LogP contribution in [0.2, 0.25) is 0 Å². The van der Waals surface area contributed by atoms with Crippen LogP contribution >= 0.6 is 11.3 Å². The fourth-order valence-electron chi connectivity index (χ4n) is 3.82. The molecule has 3 aromatic rings. The van der Waals surface area contributed by atoms with Crippen LogP contribution in [-0.2, 0) is 13.0 Å². The summed E-state index contributed by atoms with van der Waals surface area (Å²) in [6, 6.07) is 2.92. The Labute approximate surface area is 191 Å². The Morgan fingerprint density at radius 2 is 2.10 bits per heavy atom. The van der Waals surface area contributed by atoms with Gasteiger partial charge in [-0.1, -0.05) is 0 Å². The summed E-state index contributed by atoms with van der Waals surface area (Å²) in [7, 11) is 0. The molecule has 0 spiro atoms. The van der Waals surface area contributed by atoms with Crippen LogP contribution in [0.3, 0.4) is 0 Å². The summed E-state index contributed by atoms with van der Waals surface area (Å²) in [5, 5.41) is 11.9. The van der Waals surface area contributed by atoms with Gasteiger partial charge < -0.3 is 25.1 Å². The summed E-state index contributed by atoms with van der Waals surface area (Å²) in [6.45, 7) is 1.08. The number of aromatic nitrogens is 2. The van der Waals surface area contributed by atoms with E-state index >= 15 is 0 Å². The van der Waals surface area contributed by atoms with Gasteiger partial charge in [-0.2, -0.15) is 0 Å².